The molecule has 6 nitrogen and oxygen atoms in total. The van der Waals surface area contributed by atoms with Crippen molar-refractivity contribution in [1.82, 2.24) is 5.08 Å². The van der Waals surface area contributed by atoms with Gasteiger partial charge in [-0.15, -0.1) is 12.3 Å². The van der Waals surface area contributed by atoms with Crippen molar-refractivity contribution in [2.24, 2.45) is 0 Å². The summed E-state index contributed by atoms with van der Waals surface area (Å²) in [4.78, 5) is 25.5. The summed E-state index contributed by atoms with van der Waals surface area (Å²) in [5, 5.41) is 0.376. The Morgan fingerprint density at radius 1 is 1.38 bits per heavy atom. The minimum Gasteiger partial charge on any atom is -0.357 e. The van der Waals surface area contributed by atoms with E-state index in [4.69, 9.17) is 11.3 Å². The second-order valence-electron chi connectivity index (χ2n) is 2.12. The SMILES string of the molecule is C#CCCCOn1oc(=O)c(=O)o1. The first kappa shape index (κ1) is 9.19. The molecule has 1 aromatic rings. The Bertz CT molecular complexity index is 376. The molecular weight excluding hydrogens is 178 g/mol. The molecule has 0 unspecified atom stereocenters. The van der Waals surface area contributed by atoms with Gasteiger partial charge in [0.25, 0.3) is 0 Å². The van der Waals surface area contributed by atoms with Gasteiger partial charge in [-0.3, -0.25) is 9.05 Å². The summed E-state index contributed by atoms with van der Waals surface area (Å²) in [6.07, 6.45) is 6.10. The number of rotatable bonds is 4. The van der Waals surface area contributed by atoms with E-state index in [2.05, 4.69) is 15.0 Å². The van der Waals surface area contributed by atoms with Crippen LogP contribution in [0.1, 0.15) is 12.8 Å². The lowest BCUT2D eigenvalue weighted by Gasteiger charge is -1.97. The van der Waals surface area contributed by atoms with Gasteiger partial charge in [0.1, 0.15) is 11.7 Å². The molecule has 0 aromatic carbocycles. The molecule has 1 heterocycles. The lowest BCUT2D eigenvalue weighted by atomic mass is 10.3. The highest BCUT2D eigenvalue weighted by Crippen LogP contribution is 1.84. The van der Waals surface area contributed by atoms with Crippen LogP contribution in [0.15, 0.2) is 18.6 Å². The maximum atomic E-state index is 10.4. The van der Waals surface area contributed by atoms with Crippen LogP contribution in [0.5, 0.6) is 0 Å². The Morgan fingerprint density at radius 2 is 2.00 bits per heavy atom. The number of terminal acetylenes is 1. The van der Waals surface area contributed by atoms with E-state index in [0.717, 1.165) is 0 Å². The van der Waals surface area contributed by atoms with Crippen molar-refractivity contribution in [2.45, 2.75) is 12.8 Å². The molecule has 0 radical (unpaired) electrons. The van der Waals surface area contributed by atoms with Crippen LogP contribution in [-0.2, 0) is 0 Å². The van der Waals surface area contributed by atoms with Gasteiger partial charge in [0, 0.05) is 6.42 Å². The van der Waals surface area contributed by atoms with Gasteiger partial charge in [-0.1, -0.05) is 0 Å². The van der Waals surface area contributed by atoms with Gasteiger partial charge >= 0.3 is 11.3 Å². The van der Waals surface area contributed by atoms with Gasteiger partial charge in [0.05, 0.1) is 0 Å². The summed E-state index contributed by atoms with van der Waals surface area (Å²) >= 11 is 0. The van der Waals surface area contributed by atoms with Crippen molar-refractivity contribution in [3.05, 3.63) is 20.8 Å². The molecule has 6 heteroatoms. The van der Waals surface area contributed by atoms with Crippen molar-refractivity contribution in [2.75, 3.05) is 6.61 Å². The molecule has 0 amide bonds. The van der Waals surface area contributed by atoms with Crippen molar-refractivity contribution in [1.29, 1.82) is 0 Å². The molecule has 0 N–H and O–H groups in total. The number of unbranched alkanes of at least 4 members (excludes halogenated alkanes) is 1. The molecule has 1 aromatic heterocycles. The molecule has 0 saturated heterocycles. The van der Waals surface area contributed by atoms with Crippen LogP contribution in [0.25, 0.3) is 0 Å². The first-order chi connectivity index (χ1) is 6.24. The fraction of sp³-hybridized carbons (Fsp3) is 0.429. The van der Waals surface area contributed by atoms with Crippen molar-refractivity contribution < 1.29 is 13.9 Å². The van der Waals surface area contributed by atoms with Crippen LogP contribution in [0.3, 0.4) is 0 Å². The molecule has 1 rings (SSSR count). The summed E-state index contributed by atoms with van der Waals surface area (Å²) in [7, 11) is 0. The van der Waals surface area contributed by atoms with Crippen LogP contribution in [0.2, 0.25) is 0 Å². The Morgan fingerprint density at radius 3 is 2.54 bits per heavy atom. The predicted octanol–water partition coefficient (Wildman–Crippen LogP) is -0.763. The zero-order valence-electron chi connectivity index (χ0n) is 6.69. The van der Waals surface area contributed by atoms with E-state index >= 15 is 0 Å². The molecule has 0 saturated carbocycles. The van der Waals surface area contributed by atoms with Gasteiger partial charge in [0.15, 0.2) is 0 Å². The molecule has 0 bridgehead atoms. The van der Waals surface area contributed by atoms with E-state index in [9.17, 15) is 9.59 Å². The quantitative estimate of drug-likeness (QED) is 0.350. The van der Waals surface area contributed by atoms with Crippen LogP contribution < -0.4 is 16.1 Å². The van der Waals surface area contributed by atoms with E-state index < -0.39 is 11.3 Å². The lowest BCUT2D eigenvalue weighted by Crippen LogP contribution is -2.14. The largest absolute Gasteiger partial charge is 0.449 e. The van der Waals surface area contributed by atoms with Crippen molar-refractivity contribution in [3.63, 3.8) is 0 Å². The van der Waals surface area contributed by atoms with Crippen LogP contribution >= 0.6 is 0 Å². The summed E-state index contributed by atoms with van der Waals surface area (Å²) in [5.74, 6) is 2.40. The highest BCUT2D eigenvalue weighted by Gasteiger charge is 2.04. The third kappa shape index (κ3) is 2.56. The minimum atomic E-state index is -1.10. The minimum absolute atomic E-state index is 0.213. The second kappa shape index (κ2) is 4.21. The van der Waals surface area contributed by atoms with Gasteiger partial charge < -0.3 is 4.84 Å². The standard InChI is InChI=1S/C7H7NO5/c1-2-3-4-5-11-8-12-6(9)7(10)13-8/h1H,3-5H2. The highest BCUT2D eigenvalue weighted by molar-refractivity contribution is 4.82. The number of hydrogen-bond donors (Lipinski definition) is 0. The van der Waals surface area contributed by atoms with Crippen LogP contribution in [0.4, 0.5) is 0 Å². The average Bonchev–Trinajstić information content (AvgIpc) is 2.41. The Balaban J connectivity index is 2.43. The topological polar surface area (TPSA) is 74.6 Å². The molecule has 13 heavy (non-hydrogen) atoms. The Hall–Kier alpha value is -1.90. The lowest BCUT2D eigenvalue weighted by molar-refractivity contribution is -0.145. The number of aromatic nitrogens is 1. The molecule has 0 fully saturated rings. The Labute approximate surface area is 72.6 Å². The summed E-state index contributed by atoms with van der Waals surface area (Å²) in [6, 6.07) is 0. The van der Waals surface area contributed by atoms with E-state index in [0.29, 0.717) is 17.9 Å². The number of nitrogens with zero attached hydrogens (tertiary/aromatic N) is 1. The van der Waals surface area contributed by atoms with E-state index in [-0.39, 0.29) is 6.61 Å². The fourth-order valence-corrected chi connectivity index (χ4v) is 0.595. The first-order valence-electron chi connectivity index (χ1n) is 3.55. The monoisotopic (exact) mass is 185 g/mol. The summed E-state index contributed by atoms with van der Waals surface area (Å²) < 4.78 is 8.41. The third-order valence-electron chi connectivity index (χ3n) is 1.14. The van der Waals surface area contributed by atoms with E-state index in [1.807, 2.05) is 0 Å². The molecule has 0 aliphatic rings. The smallest absolute Gasteiger partial charge is 0.357 e. The van der Waals surface area contributed by atoms with E-state index in [1.54, 1.807) is 0 Å². The van der Waals surface area contributed by atoms with Gasteiger partial charge in [-0.25, -0.2) is 9.59 Å². The molecule has 0 aliphatic carbocycles. The summed E-state index contributed by atoms with van der Waals surface area (Å²) in [6.45, 7) is 0.213. The van der Waals surface area contributed by atoms with Crippen LogP contribution in [0, 0.1) is 12.3 Å². The van der Waals surface area contributed by atoms with Gasteiger partial charge in [-0.05, 0) is 6.42 Å². The number of hydrogen-bond acceptors (Lipinski definition) is 5. The maximum Gasteiger partial charge on any atom is 0.449 e. The third-order valence-corrected chi connectivity index (χ3v) is 1.14. The van der Waals surface area contributed by atoms with E-state index in [1.165, 1.54) is 0 Å². The molecule has 70 valence electrons. The zero-order valence-corrected chi connectivity index (χ0v) is 6.69. The second-order valence-corrected chi connectivity index (χ2v) is 2.12. The molecule has 0 spiro atoms. The fourth-order valence-electron chi connectivity index (χ4n) is 0.595. The Kier molecular flexibility index (Phi) is 2.97. The van der Waals surface area contributed by atoms with Gasteiger partial charge in [-0.2, -0.15) is 0 Å². The molecule has 0 aliphatic heterocycles. The summed E-state index contributed by atoms with van der Waals surface area (Å²) in [5.41, 5.74) is -2.20. The molecular formula is C7H7NO5. The average molecular weight is 185 g/mol. The first-order valence-corrected chi connectivity index (χ1v) is 3.55. The highest BCUT2D eigenvalue weighted by atomic mass is 17.0. The molecule has 0 atom stereocenters. The maximum absolute atomic E-state index is 10.4. The predicted molar refractivity (Wildman–Crippen MR) is 41.0 cm³/mol. The van der Waals surface area contributed by atoms with Crippen LogP contribution in [-0.4, -0.2) is 11.7 Å². The van der Waals surface area contributed by atoms with Gasteiger partial charge in [0.2, 0.25) is 0 Å². The van der Waals surface area contributed by atoms with Crippen molar-refractivity contribution >= 4 is 0 Å². The van der Waals surface area contributed by atoms with Crippen molar-refractivity contribution in [3.8, 4) is 12.3 Å². The zero-order chi connectivity index (χ0) is 9.68. The normalized spacial score (nSPS) is 9.46.